The molecule has 0 amide bonds. The van der Waals surface area contributed by atoms with E-state index in [9.17, 15) is 4.39 Å². The van der Waals surface area contributed by atoms with E-state index in [1.165, 1.54) is 12.4 Å². The van der Waals surface area contributed by atoms with Crippen LogP contribution >= 0.6 is 0 Å². The van der Waals surface area contributed by atoms with Gasteiger partial charge in [-0.25, -0.2) is 19.0 Å². The standard InChI is InChI=1S/C16H19FN6/c1-3-6-11(2)20-15-14-16(19-10-18-15)23(22-21-14)9-12-7-4-5-8-13(12)17/h4-5,7-8,10-11H,3,6,9H2,1-2H3,(H,18,19,20)/t11-/m1/s1. The van der Waals surface area contributed by atoms with E-state index in [2.05, 4.69) is 39.4 Å². The summed E-state index contributed by atoms with van der Waals surface area (Å²) in [6, 6.07) is 6.91. The molecule has 0 fully saturated rings. The lowest BCUT2D eigenvalue weighted by Crippen LogP contribution is -2.16. The molecule has 6 nitrogen and oxygen atoms in total. The zero-order valence-corrected chi connectivity index (χ0v) is 13.2. The van der Waals surface area contributed by atoms with E-state index in [1.54, 1.807) is 22.9 Å². The number of aromatic nitrogens is 5. The lowest BCUT2D eigenvalue weighted by Gasteiger charge is -2.13. The molecule has 2 aromatic heterocycles. The number of hydrogen-bond donors (Lipinski definition) is 1. The van der Waals surface area contributed by atoms with Gasteiger partial charge in [-0.3, -0.25) is 0 Å². The van der Waals surface area contributed by atoms with Gasteiger partial charge >= 0.3 is 0 Å². The predicted octanol–water partition coefficient (Wildman–Crippen LogP) is 3.01. The van der Waals surface area contributed by atoms with Gasteiger partial charge in [0.15, 0.2) is 17.0 Å². The lowest BCUT2D eigenvalue weighted by atomic mass is 10.2. The molecule has 1 N–H and O–H groups in total. The monoisotopic (exact) mass is 314 g/mol. The number of halogens is 1. The van der Waals surface area contributed by atoms with Crippen molar-refractivity contribution < 1.29 is 4.39 Å². The molecule has 0 bridgehead atoms. The van der Waals surface area contributed by atoms with Gasteiger partial charge in [-0.05, 0) is 19.4 Å². The molecule has 1 atom stereocenters. The van der Waals surface area contributed by atoms with Gasteiger partial charge in [0.05, 0.1) is 6.54 Å². The number of nitrogens with zero attached hydrogens (tertiary/aromatic N) is 5. The van der Waals surface area contributed by atoms with E-state index in [-0.39, 0.29) is 18.4 Å². The number of nitrogens with one attached hydrogen (secondary N) is 1. The third-order valence-corrected chi connectivity index (χ3v) is 3.68. The van der Waals surface area contributed by atoms with E-state index in [0.717, 1.165) is 12.8 Å². The fraction of sp³-hybridized carbons (Fsp3) is 0.375. The van der Waals surface area contributed by atoms with Crippen LogP contribution in [0, 0.1) is 5.82 Å². The highest BCUT2D eigenvalue weighted by Crippen LogP contribution is 2.19. The van der Waals surface area contributed by atoms with Crippen LogP contribution < -0.4 is 5.32 Å². The largest absolute Gasteiger partial charge is 0.366 e. The van der Waals surface area contributed by atoms with Crippen LogP contribution in [0.2, 0.25) is 0 Å². The predicted molar refractivity (Wildman–Crippen MR) is 86.6 cm³/mol. The molecular weight excluding hydrogens is 295 g/mol. The minimum Gasteiger partial charge on any atom is -0.366 e. The molecule has 0 aliphatic rings. The molecule has 0 radical (unpaired) electrons. The second-order valence-corrected chi connectivity index (χ2v) is 5.57. The average Bonchev–Trinajstić information content (AvgIpc) is 2.94. The van der Waals surface area contributed by atoms with Crippen molar-refractivity contribution in [3.05, 3.63) is 42.0 Å². The minimum atomic E-state index is -0.264. The van der Waals surface area contributed by atoms with E-state index >= 15 is 0 Å². The molecule has 0 aliphatic carbocycles. The smallest absolute Gasteiger partial charge is 0.184 e. The molecule has 0 unspecified atom stereocenters. The van der Waals surface area contributed by atoms with E-state index < -0.39 is 0 Å². The molecule has 2 heterocycles. The maximum absolute atomic E-state index is 13.8. The van der Waals surface area contributed by atoms with Gasteiger partial charge in [0.1, 0.15) is 12.1 Å². The van der Waals surface area contributed by atoms with Gasteiger partial charge in [0.25, 0.3) is 0 Å². The Balaban J connectivity index is 1.91. The average molecular weight is 314 g/mol. The quantitative estimate of drug-likeness (QED) is 0.757. The first kappa shape index (κ1) is 15.3. The summed E-state index contributed by atoms with van der Waals surface area (Å²) >= 11 is 0. The molecule has 0 saturated carbocycles. The summed E-state index contributed by atoms with van der Waals surface area (Å²) in [6.45, 7) is 4.52. The van der Waals surface area contributed by atoms with Crippen LogP contribution in [0.4, 0.5) is 10.2 Å². The summed E-state index contributed by atoms with van der Waals surface area (Å²) in [5.74, 6) is 0.399. The molecule has 3 rings (SSSR count). The minimum absolute atomic E-state index is 0.264. The summed E-state index contributed by atoms with van der Waals surface area (Å²) in [4.78, 5) is 8.50. The van der Waals surface area contributed by atoms with Crippen molar-refractivity contribution in [3.63, 3.8) is 0 Å². The van der Waals surface area contributed by atoms with Crippen molar-refractivity contribution in [2.45, 2.75) is 39.3 Å². The van der Waals surface area contributed by atoms with Crippen molar-refractivity contribution in [3.8, 4) is 0 Å². The van der Waals surface area contributed by atoms with Crippen molar-refractivity contribution >= 4 is 17.0 Å². The van der Waals surface area contributed by atoms with Crippen LogP contribution in [0.25, 0.3) is 11.2 Å². The third kappa shape index (κ3) is 3.28. The molecule has 1 aromatic carbocycles. The van der Waals surface area contributed by atoms with Crippen LogP contribution in [0.15, 0.2) is 30.6 Å². The number of benzene rings is 1. The fourth-order valence-corrected chi connectivity index (χ4v) is 2.53. The molecule has 120 valence electrons. The van der Waals surface area contributed by atoms with E-state index in [0.29, 0.717) is 22.5 Å². The molecule has 0 spiro atoms. The molecule has 0 aliphatic heterocycles. The Kier molecular flexibility index (Phi) is 4.45. The zero-order chi connectivity index (χ0) is 16.2. The fourth-order valence-electron chi connectivity index (χ4n) is 2.53. The molecule has 3 aromatic rings. The molecule has 7 heteroatoms. The number of anilines is 1. The Morgan fingerprint density at radius 3 is 2.87 bits per heavy atom. The Morgan fingerprint density at radius 1 is 1.26 bits per heavy atom. The van der Waals surface area contributed by atoms with Crippen LogP contribution in [0.3, 0.4) is 0 Å². The maximum atomic E-state index is 13.8. The van der Waals surface area contributed by atoms with Gasteiger partial charge < -0.3 is 5.32 Å². The maximum Gasteiger partial charge on any atom is 0.184 e. The van der Waals surface area contributed by atoms with Crippen molar-refractivity contribution in [2.75, 3.05) is 5.32 Å². The Hall–Kier alpha value is -2.57. The van der Waals surface area contributed by atoms with Gasteiger partial charge in [0.2, 0.25) is 0 Å². The summed E-state index contributed by atoms with van der Waals surface area (Å²) in [5.41, 5.74) is 1.74. The number of fused-ring (bicyclic) bond motifs is 1. The van der Waals surface area contributed by atoms with Crippen LogP contribution in [-0.2, 0) is 6.54 Å². The highest BCUT2D eigenvalue weighted by atomic mass is 19.1. The van der Waals surface area contributed by atoms with Gasteiger partial charge in [0, 0.05) is 11.6 Å². The first-order chi connectivity index (χ1) is 11.2. The molecular formula is C16H19FN6. The summed E-state index contributed by atoms with van der Waals surface area (Å²) in [7, 11) is 0. The van der Waals surface area contributed by atoms with E-state index in [1.807, 2.05) is 0 Å². The second-order valence-electron chi connectivity index (χ2n) is 5.57. The molecule has 23 heavy (non-hydrogen) atoms. The molecule has 0 saturated heterocycles. The second kappa shape index (κ2) is 6.68. The first-order valence-corrected chi connectivity index (χ1v) is 7.73. The van der Waals surface area contributed by atoms with E-state index in [4.69, 9.17) is 0 Å². The Labute approximate surface area is 133 Å². The first-order valence-electron chi connectivity index (χ1n) is 7.73. The van der Waals surface area contributed by atoms with Crippen molar-refractivity contribution in [1.29, 1.82) is 0 Å². The van der Waals surface area contributed by atoms with Crippen molar-refractivity contribution in [2.24, 2.45) is 0 Å². The van der Waals surface area contributed by atoms with Crippen LogP contribution in [0.5, 0.6) is 0 Å². The highest BCUT2D eigenvalue weighted by molar-refractivity contribution is 5.81. The lowest BCUT2D eigenvalue weighted by molar-refractivity contribution is 0.582. The van der Waals surface area contributed by atoms with Crippen LogP contribution in [0.1, 0.15) is 32.3 Å². The number of hydrogen-bond acceptors (Lipinski definition) is 5. The summed E-state index contributed by atoms with van der Waals surface area (Å²) in [6.07, 6.45) is 3.60. The highest BCUT2D eigenvalue weighted by Gasteiger charge is 2.14. The van der Waals surface area contributed by atoms with Gasteiger partial charge in [-0.1, -0.05) is 36.8 Å². The van der Waals surface area contributed by atoms with Crippen molar-refractivity contribution in [1.82, 2.24) is 25.0 Å². The Morgan fingerprint density at radius 2 is 2.09 bits per heavy atom. The number of rotatable bonds is 6. The zero-order valence-electron chi connectivity index (χ0n) is 13.2. The van der Waals surface area contributed by atoms with Crippen LogP contribution in [-0.4, -0.2) is 31.0 Å². The van der Waals surface area contributed by atoms with Gasteiger partial charge in [-0.15, -0.1) is 5.10 Å². The summed E-state index contributed by atoms with van der Waals surface area (Å²) in [5, 5.41) is 11.6. The van der Waals surface area contributed by atoms with Gasteiger partial charge in [-0.2, -0.15) is 0 Å². The third-order valence-electron chi connectivity index (χ3n) is 3.68. The Bertz CT molecular complexity index is 800. The SMILES string of the molecule is CCC[C@@H](C)Nc1ncnc2c1nnn2Cc1ccccc1F. The summed E-state index contributed by atoms with van der Waals surface area (Å²) < 4.78 is 15.4. The normalized spacial score (nSPS) is 12.5. The topological polar surface area (TPSA) is 68.5 Å².